The Morgan fingerprint density at radius 2 is 1.95 bits per heavy atom. The molecule has 2 heterocycles. The molecule has 0 aliphatic carbocycles. The third-order valence-corrected chi connectivity index (χ3v) is 4.85. The van der Waals surface area contributed by atoms with Gasteiger partial charge in [-0.25, -0.2) is 4.79 Å². The first-order valence-corrected chi connectivity index (χ1v) is 7.90. The Bertz CT molecular complexity index is 391. The summed E-state index contributed by atoms with van der Waals surface area (Å²) in [7, 11) is 1.87. The molecular weight excluding hydrogens is 268 g/mol. The number of amides is 1. The van der Waals surface area contributed by atoms with Crippen molar-refractivity contribution in [2.45, 2.75) is 44.2 Å². The average Bonchev–Trinajstić information content (AvgIpc) is 2.55. The number of hydrogen-bond acceptors (Lipinski definition) is 5. The first-order chi connectivity index (χ1) is 10.1. The average molecular weight is 294 g/mol. The number of rotatable bonds is 3. The molecule has 21 heavy (non-hydrogen) atoms. The van der Waals surface area contributed by atoms with Crippen molar-refractivity contribution in [2.24, 2.45) is 0 Å². The van der Waals surface area contributed by atoms with Gasteiger partial charge in [-0.3, -0.25) is 0 Å². The van der Waals surface area contributed by atoms with E-state index >= 15 is 0 Å². The van der Waals surface area contributed by atoms with Crippen LogP contribution in [0.15, 0.2) is 0 Å². The van der Waals surface area contributed by atoms with E-state index in [9.17, 15) is 10.1 Å². The summed E-state index contributed by atoms with van der Waals surface area (Å²) >= 11 is 0. The maximum Gasteiger partial charge on any atom is 0.409 e. The Labute approximate surface area is 127 Å². The van der Waals surface area contributed by atoms with E-state index in [-0.39, 0.29) is 11.6 Å². The largest absolute Gasteiger partial charge is 0.450 e. The molecule has 0 atom stereocenters. The zero-order valence-electron chi connectivity index (χ0n) is 13.1. The Morgan fingerprint density at radius 3 is 2.43 bits per heavy atom. The summed E-state index contributed by atoms with van der Waals surface area (Å²) in [4.78, 5) is 16.0. The highest BCUT2D eigenvalue weighted by atomic mass is 16.6. The van der Waals surface area contributed by atoms with Crippen molar-refractivity contribution in [3.05, 3.63) is 0 Å². The van der Waals surface area contributed by atoms with Crippen LogP contribution in [0.3, 0.4) is 0 Å². The molecule has 118 valence electrons. The molecule has 0 aromatic carbocycles. The predicted molar refractivity (Wildman–Crippen MR) is 79.8 cm³/mol. The van der Waals surface area contributed by atoms with Crippen molar-refractivity contribution < 1.29 is 9.53 Å². The molecule has 2 aliphatic heterocycles. The lowest BCUT2D eigenvalue weighted by Gasteiger charge is -2.43. The molecule has 0 aromatic rings. The molecule has 2 saturated heterocycles. The minimum Gasteiger partial charge on any atom is -0.450 e. The first kappa shape index (κ1) is 16.1. The van der Waals surface area contributed by atoms with Gasteiger partial charge in [0.15, 0.2) is 0 Å². The Hall–Kier alpha value is -1.32. The molecular formula is C15H26N4O2. The van der Waals surface area contributed by atoms with Gasteiger partial charge in [0, 0.05) is 32.2 Å². The van der Waals surface area contributed by atoms with Gasteiger partial charge in [0.1, 0.15) is 5.54 Å². The van der Waals surface area contributed by atoms with E-state index in [0.29, 0.717) is 12.6 Å². The van der Waals surface area contributed by atoms with Gasteiger partial charge < -0.3 is 19.9 Å². The lowest BCUT2D eigenvalue weighted by atomic mass is 9.87. The van der Waals surface area contributed by atoms with Gasteiger partial charge in [0.05, 0.1) is 12.7 Å². The summed E-state index contributed by atoms with van der Waals surface area (Å²) in [6.07, 6.45) is 3.56. The quantitative estimate of drug-likeness (QED) is 0.846. The van der Waals surface area contributed by atoms with Crippen molar-refractivity contribution >= 4 is 6.09 Å². The number of carbonyl (C=O) groups is 1. The summed E-state index contributed by atoms with van der Waals surface area (Å²) in [6, 6.07) is 2.95. The minimum atomic E-state index is -0.345. The first-order valence-electron chi connectivity index (χ1n) is 7.90. The van der Waals surface area contributed by atoms with Crippen LogP contribution in [0.4, 0.5) is 4.79 Å². The standard InChI is InChI=1S/C15H26N4O2/c1-3-21-14(20)19-8-4-13(5-9-19)18-10-6-15(12-16,17-2)7-11-18/h13,17H,3-11H2,1-2H3. The maximum atomic E-state index is 11.7. The second kappa shape index (κ2) is 7.10. The van der Waals surface area contributed by atoms with Gasteiger partial charge in [-0.15, -0.1) is 0 Å². The Balaban J connectivity index is 1.79. The summed E-state index contributed by atoms with van der Waals surface area (Å²) in [5.41, 5.74) is -0.345. The molecule has 2 aliphatic rings. The number of nitrogens with one attached hydrogen (secondary N) is 1. The number of nitrogens with zero attached hydrogens (tertiary/aromatic N) is 3. The van der Waals surface area contributed by atoms with Crippen LogP contribution in [0.2, 0.25) is 0 Å². The Kier molecular flexibility index (Phi) is 5.43. The smallest absolute Gasteiger partial charge is 0.409 e. The molecule has 0 aromatic heterocycles. The number of piperidine rings is 2. The lowest BCUT2D eigenvalue weighted by molar-refractivity contribution is 0.0597. The molecule has 1 amide bonds. The van der Waals surface area contributed by atoms with E-state index in [0.717, 1.165) is 51.9 Å². The number of nitriles is 1. The molecule has 0 unspecified atom stereocenters. The van der Waals surface area contributed by atoms with Gasteiger partial charge in [-0.1, -0.05) is 0 Å². The SMILES string of the molecule is CCOC(=O)N1CCC(N2CCC(C#N)(NC)CC2)CC1. The highest BCUT2D eigenvalue weighted by molar-refractivity contribution is 5.67. The number of hydrogen-bond donors (Lipinski definition) is 1. The molecule has 0 saturated carbocycles. The molecule has 0 spiro atoms. The second-order valence-corrected chi connectivity index (χ2v) is 5.90. The third-order valence-electron chi connectivity index (χ3n) is 4.85. The zero-order valence-corrected chi connectivity index (χ0v) is 13.1. The number of likely N-dealkylation sites (tertiary alicyclic amines) is 2. The van der Waals surface area contributed by atoms with Crippen LogP contribution in [-0.2, 0) is 4.74 Å². The van der Waals surface area contributed by atoms with Crippen molar-refractivity contribution in [3.8, 4) is 6.07 Å². The van der Waals surface area contributed by atoms with Crippen molar-refractivity contribution in [1.82, 2.24) is 15.1 Å². The fraction of sp³-hybridized carbons (Fsp3) is 0.867. The van der Waals surface area contributed by atoms with Crippen molar-refractivity contribution in [1.29, 1.82) is 5.26 Å². The van der Waals surface area contributed by atoms with Crippen LogP contribution >= 0.6 is 0 Å². The molecule has 0 radical (unpaired) electrons. The summed E-state index contributed by atoms with van der Waals surface area (Å²) < 4.78 is 5.05. The van der Waals surface area contributed by atoms with E-state index < -0.39 is 0 Å². The summed E-state index contributed by atoms with van der Waals surface area (Å²) in [5.74, 6) is 0. The van der Waals surface area contributed by atoms with Crippen LogP contribution in [-0.4, -0.2) is 67.3 Å². The van der Waals surface area contributed by atoms with Gasteiger partial charge in [0.25, 0.3) is 0 Å². The van der Waals surface area contributed by atoms with Crippen LogP contribution in [0, 0.1) is 11.3 Å². The predicted octanol–water partition coefficient (Wildman–Crippen LogP) is 1.18. The second-order valence-electron chi connectivity index (χ2n) is 5.90. The lowest BCUT2D eigenvalue weighted by Crippen LogP contribution is -2.55. The number of ether oxygens (including phenoxy) is 1. The van der Waals surface area contributed by atoms with Gasteiger partial charge in [-0.05, 0) is 39.7 Å². The number of carbonyl (C=O) groups excluding carboxylic acids is 1. The van der Waals surface area contributed by atoms with E-state index in [1.165, 1.54) is 0 Å². The molecule has 2 rings (SSSR count). The molecule has 0 bridgehead atoms. The molecule has 2 fully saturated rings. The fourth-order valence-electron chi connectivity index (χ4n) is 3.32. The summed E-state index contributed by atoms with van der Waals surface area (Å²) in [6.45, 7) is 5.73. The van der Waals surface area contributed by atoms with E-state index in [4.69, 9.17) is 4.74 Å². The topological polar surface area (TPSA) is 68.6 Å². The Morgan fingerprint density at radius 1 is 1.33 bits per heavy atom. The third kappa shape index (κ3) is 3.66. The van der Waals surface area contributed by atoms with Gasteiger partial charge >= 0.3 is 6.09 Å². The summed E-state index contributed by atoms with van der Waals surface area (Å²) in [5, 5.41) is 12.5. The van der Waals surface area contributed by atoms with E-state index in [2.05, 4.69) is 16.3 Å². The minimum absolute atomic E-state index is 0.187. The monoisotopic (exact) mass is 294 g/mol. The van der Waals surface area contributed by atoms with Crippen LogP contribution in [0.1, 0.15) is 32.6 Å². The van der Waals surface area contributed by atoms with E-state index in [1.54, 1.807) is 4.90 Å². The van der Waals surface area contributed by atoms with Crippen molar-refractivity contribution in [2.75, 3.05) is 39.8 Å². The molecule has 6 nitrogen and oxygen atoms in total. The zero-order chi connectivity index (χ0) is 15.3. The van der Waals surface area contributed by atoms with Gasteiger partial charge in [0.2, 0.25) is 0 Å². The van der Waals surface area contributed by atoms with Crippen LogP contribution in [0.25, 0.3) is 0 Å². The maximum absolute atomic E-state index is 11.7. The van der Waals surface area contributed by atoms with Crippen LogP contribution in [0.5, 0.6) is 0 Å². The van der Waals surface area contributed by atoms with Crippen LogP contribution < -0.4 is 5.32 Å². The van der Waals surface area contributed by atoms with E-state index in [1.807, 2.05) is 14.0 Å². The molecule has 1 N–H and O–H groups in total. The fourth-order valence-corrected chi connectivity index (χ4v) is 3.32. The molecule has 6 heteroatoms. The normalized spacial score (nSPS) is 23.6. The highest BCUT2D eigenvalue weighted by Crippen LogP contribution is 2.26. The van der Waals surface area contributed by atoms with Crippen molar-refractivity contribution in [3.63, 3.8) is 0 Å². The van der Waals surface area contributed by atoms with Gasteiger partial charge in [-0.2, -0.15) is 5.26 Å². The highest BCUT2D eigenvalue weighted by Gasteiger charge is 2.36.